The standard InChI is InChI=1S/C17H29N3O/c1-11(2)14(12(3)4)10-19-17(21)13-7-8-16(20(5)6)15(18)9-13/h7-9,11-12,14H,10,18H2,1-6H3,(H,19,21). The van der Waals surface area contributed by atoms with Crippen LogP contribution < -0.4 is 16.0 Å². The third-order valence-electron chi connectivity index (χ3n) is 3.98. The van der Waals surface area contributed by atoms with Gasteiger partial charge in [-0.25, -0.2) is 0 Å². The Hall–Kier alpha value is -1.71. The molecule has 0 saturated heterocycles. The molecule has 1 amide bonds. The minimum absolute atomic E-state index is 0.0571. The number of nitrogens with two attached hydrogens (primary N) is 1. The van der Waals surface area contributed by atoms with Crippen LogP contribution in [0, 0.1) is 17.8 Å². The molecule has 3 N–H and O–H groups in total. The number of carbonyl (C=O) groups excluding carboxylic acids is 1. The number of nitrogens with zero attached hydrogens (tertiary/aromatic N) is 1. The number of hydrogen-bond acceptors (Lipinski definition) is 3. The van der Waals surface area contributed by atoms with Crippen LogP contribution in [0.1, 0.15) is 38.1 Å². The third kappa shape index (κ3) is 4.66. The van der Waals surface area contributed by atoms with E-state index in [-0.39, 0.29) is 5.91 Å². The van der Waals surface area contributed by atoms with Gasteiger partial charge in [0.05, 0.1) is 11.4 Å². The first kappa shape index (κ1) is 17.3. The summed E-state index contributed by atoms with van der Waals surface area (Å²) in [6, 6.07) is 5.44. The van der Waals surface area contributed by atoms with Gasteiger partial charge in [-0.1, -0.05) is 27.7 Å². The topological polar surface area (TPSA) is 58.4 Å². The average Bonchev–Trinajstić information content (AvgIpc) is 2.37. The second-order valence-electron chi connectivity index (χ2n) is 6.53. The predicted octanol–water partition coefficient (Wildman–Crippen LogP) is 2.99. The summed E-state index contributed by atoms with van der Waals surface area (Å²) in [7, 11) is 3.86. The van der Waals surface area contributed by atoms with Crippen molar-refractivity contribution in [2.75, 3.05) is 31.3 Å². The molecule has 0 spiro atoms. The van der Waals surface area contributed by atoms with Gasteiger partial charge < -0.3 is 16.0 Å². The van der Waals surface area contributed by atoms with E-state index in [4.69, 9.17) is 5.73 Å². The van der Waals surface area contributed by atoms with Crippen LogP contribution in [0.3, 0.4) is 0 Å². The van der Waals surface area contributed by atoms with Crippen molar-refractivity contribution in [1.82, 2.24) is 5.32 Å². The van der Waals surface area contributed by atoms with Gasteiger partial charge in [0, 0.05) is 26.2 Å². The SMILES string of the molecule is CC(C)C(CNC(=O)c1ccc(N(C)C)c(N)c1)C(C)C. The van der Waals surface area contributed by atoms with E-state index in [1.807, 2.05) is 31.1 Å². The van der Waals surface area contributed by atoms with Crippen LogP contribution in [-0.4, -0.2) is 26.5 Å². The van der Waals surface area contributed by atoms with Gasteiger partial charge in [0.25, 0.3) is 5.91 Å². The fraction of sp³-hybridized carbons (Fsp3) is 0.588. The van der Waals surface area contributed by atoms with Gasteiger partial charge in [0.15, 0.2) is 0 Å². The monoisotopic (exact) mass is 291 g/mol. The molecule has 4 nitrogen and oxygen atoms in total. The number of hydrogen-bond donors (Lipinski definition) is 2. The maximum Gasteiger partial charge on any atom is 0.251 e. The van der Waals surface area contributed by atoms with Crippen LogP contribution in [0.4, 0.5) is 11.4 Å². The zero-order valence-corrected chi connectivity index (χ0v) is 14.1. The lowest BCUT2D eigenvalue weighted by Gasteiger charge is -2.25. The molecule has 0 fully saturated rings. The normalized spacial score (nSPS) is 11.3. The van der Waals surface area contributed by atoms with E-state index in [9.17, 15) is 4.79 Å². The highest BCUT2D eigenvalue weighted by Gasteiger charge is 2.18. The van der Waals surface area contributed by atoms with E-state index in [0.29, 0.717) is 35.5 Å². The molecule has 0 radical (unpaired) electrons. The lowest BCUT2D eigenvalue weighted by Crippen LogP contribution is -2.34. The van der Waals surface area contributed by atoms with Gasteiger partial charge in [-0.3, -0.25) is 4.79 Å². The molecular formula is C17H29N3O. The molecule has 4 heteroatoms. The molecule has 0 aromatic heterocycles. The van der Waals surface area contributed by atoms with Gasteiger partial charge in [0.1, 0.15) is 0 Å². The van der Waals surface area contributed by atoms with Crippen LogP contribution in [-0.2, 0) is 0 Å². The number of benzene rings is 1. The Labute approximate surface area is 128 Å². The van der Waals surface area contributed by atoms with Gasteiger partial charge in [-0.05, 0) is 36.0 Å². The molecule has 0 saturated carbocycles. The first-order valence-corrected chi connectivity index (χ1v) is 7.59. The van der Waals surface area contributed by atoms with Crippen molar-refractivity contribution >= 4 is 17.3 Å². The van der Waals surface area contributed by atoms with Crippen molar-refractivity contribution in [3.8, 4) is 0 Å². The Morgan fingerprint density at radius 3 is 2.19 bits per heavy atom. The number of nitrogens with one attached hydrogen (secondary N) is 1. The van der Waals surface area contributed by atoms with E-state index in [1.165, 1.54) is 0 Å². The first-order valence-electron chi connectivity index (χ1n) is 7.59. The number of rotatable bonds is 6. The van der Waals surface area contributed by atoms with Gasteiger partial charge in [-0.2, -0.15) is 0 Å². The van der Waals surface area contributed by atoms with E-state index in [2.05, 4.69) is 33.0 Å². The molecule has 21 heavy (non-hydrogen) atoms. The van der Waals surface area contributed by atoms with E-state index in [0.717, 1.165) is 5.69 Å². The van der Waals surface area contributed by atoms with E-state index in [1.54, 1.807) is 6.07 Å². The smallest absolute Gasteiger partial charge is 0.251 e. The van der Waals surface area contributed by atoms with Crippen molar-refractivity contribution in [2.24, 2.45) is 17.8 Å². The van der Waals surface area contributed by atoms with Crippen molar-refractivity contribution in [1.29, 1.82) is 0 Å². The summed E-state index contributed by atoms with van der Waals surface area (Å²) in [5, 5.41) is 3.03. The second kappa shape index (κ2) is 7.34. The lowest BCUT2D eigenvalue weighted by molar-refractivity contribution is 0.0937. The summed E-state index contributed by atoms with van der Waals surface area (Å²) in [4.78, 5) is 14.2. The van der Waals surface area contributed by atoms with Crippen molar-refractivity contribution in [3.05, 3.63) is 23.8 Å². The van der Waals surface area contributed by atoms with Crippen molar-refractivity contribution in [3.63, 3.8) is 0 Å². The maximum atomic E-state index is 12.2. The molecule has 0 aliphatic carbocycles. The molecule has 1 rings (SSSR count). The number of carbonyl (C=O) groups is 1. The largest absolute Gasteiger partial charge is 0.397 e. The van der Waals surface area contributed by atoms with Gasteiger partial charge in [0.2, 0.25) is 0 Å². The Morgan fingerprint density at radius 1 is 1.19 bits per heavy atom. The lowest BCUT2D eigenvalue weighted by atomic mass is 9.85. The highest BCUT2D eigenvalue weighted by atomic mass is 16.1. The van der Waals surface area contributed by atoms with Crippen molar-refractivity contribution < 1.29 is 4.79 Å². The molecule has 0 atom stereocenters. The quantitative estimate of drug-likeness (QED) is 0.792. The minimum Gasteiger partial charge on any atom is -0.397 e. The summed E-state index contributed by atoms with van der Waals surface area (Å²) in [5.41, 5.74) is 8.15. The minimum atomic E-state index is -0.0571. The molecule has 0 unspecified atom stereocenters. The van der Waals surface area contributed by atoms with Crippen LogP contribution in [0.15, 0.2) is 18.2 Å². The second-order valence-corrected chi connectivity index (χ2v) is 6.53. The first-order chi connectivity index (χ1) is 9.73. The van der Waals surface area contributed by atoms with Crippen LogP contribution in [0.2, 0.25) is 0 Å². The number of amides is 1. The molecule has 1 aromatic rings. The fourth-order valence-corrected chi connectivity index (χ4v) is 2.66. The summed E-state index contributed by atoms with van der Waals surface area (Å²) >= 11 is 0. The summed E-state index contributed by atoms with van der Waals surface area (Å²) in [6.45, 7) is 9.48. The third-order valence-corrected chi connectivity index (χ3v) is 3.98. The predicted molar refractivity (Wildman–Crippen MR) is 90.7 cm³/mol. The summed E-state index contributed by atoms with van der Waals surface area (Å²) in [5.74, 6) is 1.52. The molecule has 118 valence electrons. The molecule has 0 bridgehead atoms. The molecule has 0 aliphatic heterocycles. The zero-order valence-electron chi connectivity index (χ0n) is 14.1. The Kier molecular flexibility index (Phi) is 6.06. The van der Waals surface area contributed by atoms with Gasteiger partial charge in [-0.15, -0.1) is 0 Å². The fourth-order valence-electron chi connectivity index (χ4n) is 2.66. The Balaban J connectivity index is 2.74. The van der Waals surface area contributed by atoms with Crippen LogP contribution in [0.5, 0.6) is 0 Å². The van der Waals surface area contributed by atoms with Crippen molar-refractivity contribution in [2.45, 2.75) is 27.7 Å². The Morgan fingerprint density at radius 2 is 1.76 bits per heavy atom. The number of nitrogen functional groups attached to an aromatic ring is 1. The van der Waals surface area contributed by atoms with Gasteiger partial charge >= 0.3 is 0 Å². The highest BCUT2D eigenvalue weighted by Crippen LogP contribution is 2.23. The Bertz CT molecular complexity index is 473. The van der Waals surface area contributed by atoms with Crippen LogP contribution >= 0.6 is 0 Å². The molecule has 0 aliphatic rings. The average molecular weight is 291 g/mol. The zero-order chi connectivity index (χ0) is 16.2. The highest BCUT2D eigenvalue weighted by molar-refractivity contribution is 5.96. The van der Waals surface area contributed by atoms with E-state index >= 15 is 0 Å². The number of anilines is 2. The molecular weight excluding hydrogens is 262 g/mol. The van der Waals surface area contributed by atoms with E-state index < -0.39 is 0 Å². The maximum absolute atomic E-state index is 12.2. The summed E-state index contributed by atoms with van der Waals surface area (Å²) < 4.78 is 0. The van der Waals surface area contributed by atoms with Crippen LogP contribution in [0.25, 0.3) is 0 Å². The molecule has 1 aromatic carbocycles. The molecule has 0 heterocycles. The summed E-state index contributed by atoms with van der Waals surface area (Å²) in [6.07, 6.45) is 0.